The summed E-state index contributed by atoms with van der Waals surface area (Å²) < 4.78 is 13.6. The number of hydrogen-bond donors (Lipinski definition) is 0. The number of halogens is 2. The molecule has 0 saturated heterocycles. The van der Waals surface area contributed by atoms with Crippen LogP contribution in [0.2, 0.25) is 0 Å². The van der Waals surface area contributed by atoms with Gasteiger partial charge in [0.2, 0.25) is 5.78 Å². The van der Waals surface area contributed by atoms with Crippen molar-refractivity contribution in [3.63, 3.8) is 0 Å². The average Bonchev–Trinajstić information content (AvgIpc) is 2.98. The molecule has 0 N–H and O–H groups in total. The molecule has 0 unspecified atom stereocenters. The van der Waals surface area contributed by atoms with E-state index in [1.54, 1.807) is 24.3 Å². The topological polar surface area (TPSA) is 35.5 Å². The zero-order valence-corrected chi connectivity index (χ0v) is 17.3. The largest absolute Gasteiger partial charge is 0.489 e. The number of hydrogen-bond acceptors (Lipinski definition) is 3. The summed E-state index contributed by atoms with van der Waals surface area (Å²) in [6, 6.07) is 20.9. The van der Waals surface area contributed by atoms with Crippen molar-refractivity contribution in [2.75, 3.05) is 0 Å². The molecule has 0 saturated carbocycles. The van der Waals surface area contributed by atoms with Crippen LogP contribution in [0, 0.1) is 0 Å². The van der Waals surface area contributed by atoms with Gasteiger partial charge in [-0.1, -0.05) is 62.2 Å². The van der Waals surface area contributed by atoms with E-state index in [9.17, 15) is 4.79 Å². The lowest BCUT2D eigenvalue weighted by atomic mass is 10.1. The maximum atomic E-state index is 12.6. The molecule has 3 aromatic carbocycles. The molecule has 0 aliphatic carbocycles. The average molecular weight is 486 g/mol. The zero-order chi connectivity index (χ0) is 18.8. The Morgan fingerprint density at radius 1 is 0.963 bits per heavy atom. The van der Waals surface area contributed by atoms with Gasteiger partial charge in [-0.05, 0) is 47.5 Å². The highest BCUT2D eigenvalue weighted by Crippen LogP contribution is 2.35. The molecule has 134 valence electrons. The molecule has 5 heteroatoms. The van der Waals surface area contributed by atoms with Crippen LogP contribution < -0.4 is 9.47 Å². The lowest BCUT2D eigenvalue weighted by Crippen LogP contribution is -1.98. The van der Waals surface area contributed by atoms with Gasteiger partial charge in [0.1, 0.15) is 18.1 Å². The van der Waals surface area contributed by atoms with Crippen molar-refractivity contribution in [3.05, 3.63) is 98.1 Å². The van der Waals surface area contributed by atoms with E-state index in [1.807, 2.05) is 48.5 Å². The highest BCUT2D eigenvalue weighted by Gasteiger charge is 2.27. The Labute approximate surface area is 173 Å². The fourth-order valence-electron chi connectivity index (χ4n) is 2.74. The molecule has 27 heavy (non-hydrogen) atoms. The molecule has 0 fully saturated rings. The van der Waals surface area contributed by atoms with Gasteiger partial charge < -0.3 is 9.47 Å². The Kier molecular flexibility index (Phi) is 5.14. The van der Waals surface area contributed by atoms with Crippen molar-refractivity contribution in [1.82, 2.24) is 0 Å². The third kappa shape index (κ3) is 3.99. The minimum atomic E-state index is -0.125. The van der Waals surface area contributed by atoms with Crippen LogP contribution in [0.25, 0.3) is 6.08 Å². The number of benzene rings is 3. The van der Waals surface area contributed by atoms with Gasteiger partial charge in [0, 0.05) is 15.0 Å². The SMILES string of the molecule is O=C1/C(=C/c2ccccc2Br)Oc2cc(OCc3ccc(Br)cc3)ccc21. The van der Waals surface area contributed by atoms with Crippen LogP contribution in [-0.2, 0) is 6.61 Å². The molecular weight excluding hydrogens is 472 g/mol. The van der Waals surface area contributed by atoms with Crippen molar-refractivity contribution in [3.8, 4) is 11.5 Å². The van der Waals surface area contributed by atoms with E-state index in [-0.39, 0.29) is 5.78 Å². The van der Waals surface area contributed by atoms with Crippen LogP contribution in [-0.4, -0.2) is 5.78 Å². The number of ether oxygens (including phenoxy) is 2. The first-order chi connectivity index (χ1) is 13.1. The maximum absolute atomic E-state index is 12.6. The van der Waals surface area contributed by atoms with Crippen molar-refractivity contribution >= 4 is 43.7 Å². The van der Waals surface area contributed by atoms with E-state index in [0.29, 0.717) is 29.4 Å². The highest BCUT2D eigenvalue weighted by atomic mass is 79.9. The molecule has 0 spiro atoms. The predicted molar refractivity (Wildman–Crippen MR) is 112 cm³/mol. The van der Waals surface area contributed by atoms with Gasteiger partial charge in [-0.15, -0.1) is 0 Å². The van der Waals surface area contributed by atoms with E-state index in [1.165, 1.54) is 0 Å². The summed E-state index contributed by atoms with van der Waals surface area (Å²) in [5.41, 5.74) is 2.50. The third-order valence-corrected chi connectivity index (χ3v) is 5.40. The standard InChI is InChI=1S/C22H14Br2O3/c23-16-7-5-14(6-8-16)13-26-17-9-10-18-20(12-17)27-21(22(18)25)11-15-3-1-2-4-19(15)24/h1-12H,13H2/b21-11-. The first kappa shape index (κ1) is 18.0. The second-order valence-corrected chi connectivity index (χ2v) is 7.80. The third-order valence-electron chi connectivity index (χ3n) is 4.15. The van der Waals surface area contributed by atoms with Crippen LogP contribution in [0.5, 0.6) is 11.5 Å². The number of ketones is 1. The van der Waals surface area contributed by atoms with E-state index in [4.69, 9.17) is 9.47 Å². The Morgan fingerprint density at radius 2 is 1.74 bits per heavy atom. The van der Waals surface area contributed by atoms with E-state index < -0.39 is 0 Å². The predicted octanol–water partition coefficient (Wildman–Crippen LogP) is 6.41. The lowest BCUT2D eigenvalue weighted by Gasteiger charge is -2.07. The van der Waals surface area contributed by atoms with Gasteiger partial charge in [0.25, 0.3) is 0 Å². The van der Waals surface area contributed by atoms with Gasteiger partial charge in [0.15, 0.2) is 5.76 Å². The highest BCUT2D eigenvalue weighted by molar-refractivity contribution is 9.10. The van der Waals surface area contributed by atoms with Crippen LogP contribution in [0.4, 0.5) is 0 Å². The molecule has 1 heterocycles. The quantitative estimate of drug-likeness (QED) is 0.400. The number of fused-ring (bicyclic) bond motifs is 1. The van der Waals surface area contributed by atoms with Gasteiger partial charge in [-0.2, -0.15) is 0 Å². The lowest BCUT2D eigenvalue weighted by molar-refractivity contribution is 0.101. The molecule has 0 atom stereocenters. The summed E-state index contributed by atoms with van der Waals surface area (Å²) in [7, 11) is 0. The van der Waals surface area contributed by atoms with Crippen LogP contribution >= 0.6 is 31.9 Å². The number of carbonyl (C=O) groups is 1. The van der Waals surface area contributed by atoms with Gasteiger partial charge in [0.05, 0.1) is 5.56 Å². The summed E-state index contributed by atoms with van der Waals surface area (Å²) in [5, 5.41) is 0. The van der Waals surface area contributed by atoms with E-state index in [2.05, 4.69) is 31.9 Å². The summed E-state index contributed by atoms with van der Waals surface area (Å²) in [6.07, 6.45) is 1.74. The van der Waals surface area contributed by atoms with Crippen molar-refractivity contribution in [1.29, 1.82) is 0 Å². The van der Waals surface area contributed by atoms with Crippen molar-refractivity contribution in [2.45, 2.75) is 6.61 Å². The minimum Gasteiger partial charge on any atom is -0.489 e. The molecule has 0 radical (unpaired) electrons. The normalized spacial score (nSPS) is 14.1. The fraction of sp³-hybridized carbons (Fsp3) is 0.0455. The minimum absolute atomic E-state index is 0.125. The van der Waals surface area contributed by atoms with Gasteiger partial charge in [-0.3, -0.25) is 4.79 Å². The van der Waals surface area contributed by atoms with Crippen molar-refractivity contribution < 1.29 is 14.3 Å². The Morgan fingerprint density at radius 3 is 2.52 bits per heavy atom. The van der Waals surface area contributed by atoms with Crippen LogP contribution in [0.15, 0.2) is 81.4 Å². The first-order valence-corrected chi connectivity index (χ1v) is 9.89. The summed E-state index contributed by atoms with van der Waals surface area (Å²) in [6.45, 7) is 0.444. The van der Waals surface area contributed by atoms with Crippen molar-refractivity contribution in [2.24, 2.45) is 0 Å². The van der Waals surface area contributed by atoms with Gasteiger partial charge >= 0.3 is 0 Å². The maximum Gasteiger partial charge on any atom is 0.231 e. The second-order valence-electron chi connectivity index (χ2n) is 6.03. The Balaban J connectivity index is 1.52. The summed E-state index contributed by atoms with van der Waals surface area (Å²) >= 11 is 6.90. The van der Waals surface area contributed by atoms with Crippen LogP contribution in [0.1, 0.15) is 21.5 Å². The number of Topliss-reactive ketones (excluding diaryl/α,β-unsaturated/α-hetero) is 1. The Hall–Kier alpha value is -2.37. The molecule has 1 aliphatic heterocycles. The van der Waals surface area contributed by atoms with E-state index in [0.717, 1.165) is 20.1 Å². The number of allylic oxidation sites excluding steroid dienone is 1. The molecule has 4 rings (SSSR count). The summed E-state index contributed by atoms with van der Waals surface area (Å²) in [4.78, 5) is 12.6. The Bertz CT molecular complexity index is 1040. The zero-order valence-electron chi connectivity index (χ0n) is 14.1. The second kappa shape index (κ2) is 7.71. The van der Waals surface area contributed by atoms with E-state index >= 15 is 0 Å². The molecule has 3 nitrogen and oxygen atoms in total. The smallest absolute Gasteiger partial charge is 0.231 e. The first-order valence-electron chi connectivity index (χ1n) is 8.30. The molecule has 0 bridgehead atoms. The summed E-state index contributed by atoms with van der Waals surface area (Å²) in [5.74, 6) is 1.36. The molecule has 0 amide bonds. The van der Waals surface area contributed by atoms with Gasteiger partial charge in [-0.25, -0.2) is 0 Å². The molecule has 0 aromatic heterocycles. The van der Waals surface area contributed by atoms with Crippen LogP contribution in [0.3, 0.4) is 0 Å². The molecule has 1 aliphatic rings. The number of carbonyl (C=O) groups excluding carboxylic acids is 1. The fourth-order valence-corrected chi connectivity index (χ4v) is 3.40. The molecular formula is C22H14Br2O3. The monoisotopic (exact) mass is 484 g/mol. The number of rotatable bonds is 4. The molecule has 3 aromatic rings.